The number of carbonyl (C=O) groups excluding carboxylic acids is 1. The SMILES string of the molecule is CC#CC(=O)Nc1cccc(CC(=O)O)c1. The van der Waals surface area contributed by atoms with Crippen LogP contribution in [0.15, 0.2) is 24.3 Å². The van der Waals surface area contributed by atoms with E-state index >= 15 is 0 Å². The van der Waals surface area contributed by atoms with Gasteiger partial charge in [0.05, 0.1) is 6.42 Å². The minimum Gasteiger partial charge on any atom is -0.481 e. The van der Waals surface area contributed by atoms with Gasteiger partial charge in [0, 0.05) is 5.69 Å². The van der Waals surface area contributed by atoms with Gasteiger partial charge in [-0.3, -0.25) is 9.59 Å². The average Bonchev–Trinajstić information content (AvgIpc) is 2.17. The molecule has 1 rings (SSSR count). The van der Waals surface area contributed by atoms with Crippen LogP contribution in [0.5, 0.6) is 0 Å². The fraction of sp³-hybridized carbons (Fsp3) is 0.167. The Kier molecular flexibility index (Phi) is 4.10. The molecule has 16 heavy (non-hydrogen) atoms. The Balaban J connectivity index is 2.77. The van der Waals surface area contributed by atoms with Crippen LogP contribution in [0.4, 0.5) is 5.69 Å². The number of nitrogens with one attached hydrogen (secondary N) is 1. The molecule has 0 unspecified atom stereocenters. The van der Waals surface area contributed by atoms with E-state index in [1.165, 1.54) is 0 Å². The molecule has 4 heteroatoms. The highest BCUT2D eigenvalue weighted by atomic mass is 16.4. The molecule has 0 aliphatic heterocycles. The Morgan fingerprint density at radius 1 is 1.44 bits per heavy atom. The van der Waals surface area contributed by atoms with Crippen LogP contribution in [0.2, 0.25) is 0 Å². The topological polar surface area (TPSA) is 66.4 Å². The summed E-state index contributed by atoms with van der Waals surface area (Å²) in [5.41, 5.74) is 1.18. The lowest BCUT2D eigenvalue weighted by atomic mass is 10.1. The molecular weight excluding hydrogens is 206 g/mol. The highest BCUT2D eigenvalue weighted by molar-refractivity contribution is 6.03. The van der Waals surface area contributed by atoms with Crippen LogP contribution in [0.1, 0.15) is 12.5 Å². The van der Waals surface area contributed by atoms with Crippen LogP contribution in [0, 0.1) is 11.8 Å². The van der Waals surface area contributed by atoms with Crippen molar-refractivity contribution in [3.8, 4) is 11.8 Å². The predicted octanol–water partition coefficient (Wildman–Crippen LogP) is 1.28. The molecule has 1 aromatic carbocycles. The molecule has 0 aliphatic carbocycles. The number of rotatable bonds is 3. The van der Waals surface area contributed by atoms with Gasteiger partial charge < -0.3 is 10.4 Å². The van der Waals surface area contributed by atoms with E-state index in [0.29, 0.717) is 11.3 Å². The summed E-state index contributed by atoms with van der Waals surface area (Å²) in [6, 6.07) is 6.67. The molecule has 82 valence electrons. The fourth-order valence-corrected chi connectivity index (χ4v) is 1.21. The molecule has 0 heterocycles. The Labute approximate surface area is 93.3 Å². The van der Waals surface area contributed by atoms with Crippen LogP contribution < -0.4 is 5.32 Å². The lowest BCUT2D eigenvalue weighted by Crippen LogP contribution is -2.09. The molecule has 2 N–H and O–H groups in total. The molecule has 0 saturated carbocycles. The number of amides is 1. The first-order valence-electron chi connectivity index (χ1n) is 4.66. The molecule has 4 nitrogen and oxygen atoms in total. The van der Waals surface area contributed by atoms with Crippen molar-refractivity contribution in [2.24, 2.45) is 0 Å². The van der Waals surface area contributed by atoms with Crippen molar-refractivity contribution in [3.63, 3.8) is 0 Å². The first-order chi connectivity index (χ1) is 7.61. The molecule has 1 aromatic rings. The molecular formula is C12H11NO3. The predicted molar refractivity (Wildman–Crippen MR) is 59.9 cm³/mol. The number of aliphatic carboxylic acids is 1. The molecule has 0 radical (unpaired) electrons. The summed E-state index contributed by atoms with van der Waals surface area (Å²) in [6.07, 6.45) is -0.0663. The number of hydrogen-bond donors (Lipinski definition) is 2. The van der Waals surface area contributed by atoms with Gasteiger partial charge in [0.25, 0.3) is 5.91 Å². The van der Waals surface area contributed by atoms with Crippen molar-refractivity contribution in [2.45, 2.75) is 13.3 Å². The van der Waals surface area contributed by atoms with Crippen molar-refractivity contribution >= 4 is 17.6 Å². The lowest BCUT2D eigenvalue weighted by molar-refractivity contribution is -0.136. The normalized spacial score (nSPS) is 8.81. The van der Waals surface area contributed by atoms with Gasteiger partial charge in [-0.25, -0.2) is 0 Å². The molecule has 1 amide bonds. The zero-order chi connectivity index (χ0) is 12.0. The van der Waals surface area contributed by atoms with E-state index in [0.717, 1.165) is 0 Å². The van der Waals surface area contributed by atoms with Crippen molar-refractivity contribution in [2.75, 3.05) is 5.32 Å². The molecule has 0 spiro atoms. The summed E-state index contributed by atoms with van der Waals surface area (Å²) in [4.78, 5) is 21.6. The van der Waals surface area contributed by atoms with E-state index in [2.05, 4.69) is 17.2 Å². The van der Waals surface area contributed by atoms with Crippen LogP contribution in [0.25, 0.3) is 0 Å². The Hall–Kier alpha value is -2.28. The van der Waals surface area contributed by atoms with E-state index in [4.69, 9.17) is 5.11 Å². The van der Waals surface area contributed by atoms with Crippen LogP contribution in [-0.4, -0.2) is 17.0 Å². The molecule has 0 aliphatic rings. The van der Waals surface area contributed by atoms with E-state index in [9.17, 15) is 9.59 Å². The van der Waals surface area contributed by atoms with Crippen LogP contribution in [-0.2, 0) is 16.0 Å². The van der Waals surface area contributed by atoms with Gasteiger partial charge in [-0.2, -0.15) is 0 Å². The molecule has 0 saturated heterocycles. The van der Waals surface area contributed by atoms with Crippen molar-refractivity contribution in [3.05, 3.63) is 29.8 Å². The highest BCUT2D eigenvalue weighted by Crippen LogP contribution is 2.10. The van der Waals surface area contributed by atoms with Gasteiger partial charge in [0.2, 0.25) is 0 Å². The largest absolute Gasteiger partial charge is 0.481 e. The third-order valence-electron chi connectivity index (χ3n) is 1.78. The summed E-state index contributed by atoms with van der Waals surface area (Å²) in [6.45, 7) is 1.57. The third kappa shape index (κ3) is 3.84. The molecule has 0 fully saturated rings. The summed E-state index contributed by atoms with van der Waals surface area (Å²) in [7, 11) is 0. The van der Waals surface area contributed by atoms with Gasteiger partial charge in [0.15, 0.2) is 0 Å². The quantitative estimate of drug-likeness (QED) is 0.749. The highest BCUT2D eigenvalue weighted by Gasteiger charge is 2.02. The first-order valence-corrected chi connectivity index (χ1v) is 4.66. The van der Waals surface area contributed by atoms with Crippen molar-refractivity contribution < 1.29 is 14.7 Å². The van der Waals surface area contributed by atoms with Crippen molar-refractivity contribution in [1.29, 1.82) is 0 Å². The second kappa shape index (κ2) is 5.56. The van der Waals surface area contributed by atoms with Gasteiger partial charge in [0.1, 0.15) is 0 Å². The van der Waals surface area contributed by atoms with Crippen molar-refractivity contribution in [1.82, 2.24) is 0 Å². The first kappa shape index (κ1) is 11.8. The summed E-state index contributed by atoms with van der Waals surface area (Å²) >= 11 is 0. The maximum atomic E-state index is 11.1. The molecule has 0 aromatic heterocycles. The zero-order valence-corrected chi connectivity index (χ0v) is 8.78. The van der Waals surface area contributed by atoms with E-state index in [1.807, 2.05) is 0 Å². The van der Waals surface area contributed by atoms with Gasteiger partial charge in [-0.1, -0.05) is 18.1 Å². The maximum Gasteiger partial charge on any atom is 0.307 e. The minimum absolute atomic E-state index is 0.0663. The number of carboxylic acids is 1. The summed E-state index contributed by atoms with van der Waals surface area (Å²) in [5.74, 6) is 3.50. The maximum absolute atomic E-state index is 11.1. The van der Waals surface area contributed by atoms with Crippen LogP contribution >= 0.6 is 0 Å². The second-order valence-corrected chi connectivity index (χ2v) is 3.10. The van der Waals surface area contributed by atoms with Gasteiger partial charge in [-0.05, 0) is 30.5 Å². The Morgan fingerprint density at radius 3 is 2.81 bits per heavy atom. The van der Waals surface area contributed by atoms with Crippen LogP contribution in [0.3, 0.4) is 0 Å². The Morgan fingerprint density at radius 2 is 2.19 bits per heavy atom. The van der Waals surface area contributed by atoms with Gasteiger partial charge >= 0.3 is 5.97 Å². The number of benzene rings is 1. The third-order valence-corrected chi connectivity index (χ3v) is 1.78. The smallest absolute Gasteiger partial charge is 0.307 e. The van der Waals surface area contributed by atoms with E-state index < -0.39 is 11.9 Å². The number of carboxylic acid groups (broad SMARTS) is 1. The fourth-order valence-electron chi connectivity index (χ4n) is 1.21. The second-order valence-electron chi connectivity index (χ2n) is 3.10. The number of anilines is 1. The molecule has 0 bridgehead atoms. The van der Waals surface area contributed by atoms with E-state index in [-0.39, 0.29) is 6.42 Å². The minimum atomic E-state index is -0.906. The summed E-state index contributed by atoms with van der Waals surface area (Å²) in [5, 5.41) is 11.2. The number of carbonyl (C=O) groups is 2. The van der Waals surface area contributed by atoms with Gasteiger partial charge in [-0.15, -0.1) is 0 Å². The standard InChI is InChI=1S/C12H11NO3/c1-2-4-11(14)13-10-6-3-5-9(7-10)8-12(15)16/h3,5-7H,8H2,1H3,(H,13,14)(H,15,16). The number of hydrogen-bond acceptors (Lipinski definition) is 2. The van der Waals surface area contributed by atoms with E-state index in [1.54, 1.807) is 31.2 Å². The average molecular weight is 217 g/mol. The molecule has 0 atom stereocenters. The zero-order valence-electron chi connectivity index (χ0n) is 8.78. The summed E-state index contributed by atoms with van der Waals surface area (Å²) < 4.78 is 0. The lowest BCUT2D eigenvalue weighted by Gasteiger charge is -2.03. The monoisotopic (exact) mass is 217 g/mol. The Bertz CT molecular complexity index is 469.